The van der Waals surface area contributed by atoms with Crippen molar-refractivity contribution in [2.75, 3.05) is 0 Å². The van der Waals surface area contributed by atoms with Crippen LogP contribution in [0.1, 0.15) is 38.5 Å². The van der Waals surface area contributed by atoms with Crippen molar-refractivity contribution in [2.24, 2.45) is 0 Å². The van der Waals surface area contributed by atoms with Gasteiger partial charge in [-0.3, -0.25) is 0 Å². The Hall–Kier alpha value is 0.0500. The third-order valence-electron chi connectivity index (χ3n) is 2.58. The smallest absolute Gasteiger partial charge is 0.243 e. The molecule has 0 unspecified atom stereocenters. The minimum absolute atomic E-state index is 0.333. The van der Waals surface area contributed by atoms with Crippen LogP contribution in [-0.4, -0.2) is 20.0 Å². The predicted octanol–water partition coefficient (Wildman–Crippen LogP) is 2.84. The number of hydrogen-bond donors (Lipinski definition) is 2. The molecule has 1 aliphatic carbocycles. The first-order chi connectivity index (χ1) is 8.67. The van der Waals surface area contributed by atoms with Crippen molar-refractivity contribution in [3.8, 4) is 0 Å². The largest absolute Gasteiger partial charge is 0.309 e. The Balaban J connectivity index is 2.14. The highest BCUT2D eigenvalue weighted by Gasteiger charge is 2.26. The van der Waals surface area contributed by atoms with Gasteiger partial charge in [-0.05, 0) is 55.6 Å². The van der Waals surface area contributed by atoms with E-state index in [4.69, 9.17) is 0 Å². The molecule has 0 aromatic carbocycles. The molecule has 1 saturated carbocycles. The van der Waals surface area contributed by atoms with Crippen molar-refractivity contribution >= 4 is 37.3 Å². The lowest BCUT2D eigenvalue weighted by molar-refractivity contribution is 0.491. The van der Waals surface area contributed by atoms with Gasteiger partial charge in [-0.1, -0.05) is 0 Å². The number of halogens is 1. The summed E-state index contributed by atoms with van der Waals surface area (Å²) in [6.45, 7) is 6.24. The van der Waals surface area contributed by atoms with Crippen LogP contribution in [0.2, 0.25) is 0 Å². The fourth-order valence-corrected chi connectivity index (χ4v) is 5.71. The van der Waals surface area contributed by atoms with Gasteiger partial charge in [0.25, 0.3) is 0 Å². The molecule has 1 aromatic rings. The minimum atomic E-state index is -3.46. The van der Waals surface area contributed by atoms with Crippen molar-refractivity contribution in [3.05, 3.63) is 14.7 Å². The molecule has 0 saturated heterocycles. The van der Waals surface area contributed by atoms with E-state index in [1.54, 1.807) is 6.07 Å². The SMILES string of the molecule is CC(C)(C)NS(=O)(=O)c1cc(CNC2CC2)sc1Br. The highest BCUT2D eigenvalue weighted by Crippen LogP contribution is 2.32. The van der Waals surface area contributed by atoms with Crippen molar-refractivity contribution in [3.63, 3.8) is 0 Å². The van der Waals surface area contributed by atoms with Gasteiger partial charge in [-0.25, -0.2) is 13.1 Å². The van der Waals surface area contributed by atoms with Crippen LogP contribution in [0.3, 0.4) is 0 Å². The van der Waals surface area contributed by atoms with Gasteiger partial charge in [0, 0.05) is 23.0 Å². The minimum Gasteiger partial charge on any atom is -0.309 e. The maximum atomic E-state index is 12.3. The summed E-state index contributed by atoms with van der Waals surface area (Å²) in [5.74, 6) is 0. The van der Waals surface area contributed by atoms with Crippen molar-refractivity contribution in [1.82, 2.24) is 10.0 Å². The summed E-state index contributed by atoms with van der Waals surface area (Å²) in [4.78, 5) is 1.37. The molecule has 0 radical (unpaired) electrons. The lowest BCUT2D eigenvalue weighted by atomic mass is 10.1. The van der Waals surface area contributed by atoms with Gasteiger partial charge in [-0.15, -0.1) is 11.3 Å². The van der Waals surface area contributed by atoms with Gasteiger partial charge in [0.2, 0.25) is 10.0 Å². The van der Waals surface area contributed by atoms with Gasteiger partial charge in [0.1, 0.15) is 4.90 Å². The van der Waals surface area contributed by atoms with Crippen LogP contribution in [0.4, 0.5) is 0 Å². The average molecular weight is 367 g/mol. The number of sulfonamides is 1. The second kappa shape index (κ2) is 5.44. The van der Waals surface area contributed by atoms with E-state index in [0.29, 0.717) is 14.7 Å². The fraction of sp³-hybridized carbons (Fsp3) is 0.667. The Morgan fingerprint density at radius 1 is 1.42 bits per heavy atom. The zero-order valence-corrected chi connectivity index (χ0v) is 14.5. The quantitative estimate of drug-likeness (QED) is 0.842. The monoisotopic (exact) mass is 366 g/mol. The Kier molecular flexibility index (Phi) is 4.42. The number of thiophene rings is 1. The summed E-state index contributed by atoms with van der Waals surface area (Å²) in [7, 11) is -3.46. The molecule has 7 heteroatoms. The molecule has 1 aliphatic rings. The molecule has 2 N–H and O–H groups in total. The fourth-order valence-electron chi connectivity index (χ4n) is 1.66. The first-order valence-corrected chi connectivity index (χ1v) is 9.32. The van der Waals surface area contributed by atoms with Crippen LogP contribution in [0, 0.1) is 0 Å². The summed E-state index contributed by atoms with van der Waals surface area (Å²) in [5, 5.41) is 3.39. The van der Waals surface area contributed by atoms with E-state index in [1.807, 2.05) is 20.8 Å². The summed E-state index contributed by atoms with van der Waals surface area (Å²) in [5.41, 5.74) is -0.480. The third kappa shape index (κ3) is 4.53. The van der Waals surface area contributed by atoms with Crippen LogP contribution in [0.25, 0.3) is 0 Å². The summed E-state index contributed by atoms with van der Waals surface area (Å²) in [6, 6.07) is 2.37. The average Bonchev–Trinajstić information content (AvgIpc) is 2.95. The molecule has 0 aliphatic heterocycles. The normalized spacial score (nSPS) is 16.8. The molecule has 108 valence electrons. The van der Waals surface area contributed by atoms with Crippen LogP contribution in [-0.2, 0) is 16.6 Å². The van der Waals surface area contributed by atoms with Crippen molar-refractivity contribution in [1.29, 1.82) is 0 Å². The van der Waals surface area contributed by atoms with E-state index >= 15 is 0 Å². The molecule has 0 amide bonds. The van der Waals surface area contributed by atoms with Crippen molar-refractivity contribution in [2.45, 2.75) is 56.6 Å². The van der Waals surface area contributed by atoms with Gasteiger partial charge in [0.15, 0.2) is 0 Å². The zero-order chi connectivity index (χ0) is 14.3. The Morgan fingerprint density at radius 2 is 2.05 bits per heavy atom. The van der Waals surface area contributed by atoms with E-state index in [1.165, 1.54) is 24.2 Å². The highest BCUT2D eigenvalue weighted by molar-refractivity contribution is 9.11. The summed E-state index contributed by atoms with van der Waals surface area (Å²) in [6.07, 6.45) is 2.45. The van der Waals surface area contributed by atoms with Crippen LogP contribution < -0.4 is 10.0 Å². The van der Waals surface area contributed by atoms with E-state index in [2.05, 4.69) is 26.0 Å². The summed E-state index contributed by atoms with van der Waals surface area (Å²) < 4.78 is 27.9. The molecular formula is C12H19BrN2O2S2. The number of rotatable bonds is 5. The molecule has 1 fully saturated rings. The lowest BCUT2D eigenvalue weighted by Gasteiger charge is -2.19. The third-order valence-corrected chi connectivity index (χ3v) is 6.59. The van der Waals surface area contributed by atoms with Gasteiger partial charge in [0.05, 0.1) is 3.79 Å². The lowest BCUT2D eigenvalue weighted by Crippen LogP contribution is -2.40. The maximum Gasteiger partial charge on any atom is 0.243 e. The summed E-state index contributed by atoms with van der Waals surface area (Å²) >= 11 is 4.83. The molecule has 4 nitrogen and oxygen atoms in total. The van der Waals surface area contributed by atoms with E-state index < -0.39 is 15.6 Å². The number of nitrogens with one attached hydrogen (secondary N) is 2. The van der Waals surface area contributed by atoms with Crippen molar-refractivity contribution < 1.29 is 8.42 Å². The maximum absolute atomic E-state index is 12.3. The van der Waals surface area contributed by atoms with Crippen LogP contribution in [0.15, 0.2) is 14.7 Å². The first kappa shape index (κ1) is 15.4. The van der Waals surface area contributed by atoms with E-state index in [9.17, 15) is 8.42 Å². The zero-order valence-electron chi connectivity index (χ0n) is 11.3. The first-order valence-electron chi connectivity index (χ1n) is 6.23. The molecule has 19 heavy (non-hydrogen) atoms. The second-order valence-corrected chi connectivity index (χ2v) is 9.97. The molecule has 0 bridgehead atoms. The molecule has 2 rings (SSSR count). The Labute approximate surface area is 127 Å². The Morgan fingerprint density at radius 3 is 2.58 bits per heavy atom. The van der Waals surface area contributed by atoms with Crippen LogP contribution in [0.5, 0.6) is 0 Å². The Bertz CT molecular complexity index is 557. The highest BCUT2D eigenvalue weighted by atomic mass is 79.9. The van der Waals surface area contributed by atoms with E-state index in [-0.39, 0.29) is 0 Å². The van der Waals surface area contributed by atoms with E-state index in [0.717, 1.165) is 11.4 Å². The molecule has 0 atom stereocenters. The molecular weight excluding hydrogens is 348 g/mol. The molecule has 1 aromatic heterocycles. The van der Waals surface area contributed by atoms with Gasteiger partial charge < -0.3 is 5.32 Å². The van der Waals surface area contributed by atoms with Gasteiger partial charge in [-0.2, -0.15) is 0 Å². The predicted molar refractivity (Wildman–Crippen MR) is 82.0 cm³/mol. The molecule has 1 heterocycles. The molecule has 0 spiro atoms. The standard InChI is InChI=1S/C12H19BrN2O2S2/c1-12(2,3)15-19(16,17)10-6-9(18-11(10)13)7-14-8-4-5-8/h6,8,14-15H,4-5,7H2,1-3H3. The second-order valence-electron chi connectivity index (χ2n) is 5.86. The van der Waals surface area contributed by atoms with Gasteiger partial charge >= 0.3 is 0 Å². The topological polar surface area (TPSA) is 58.2 Å². The number of hydrogen-bond acceptors (Lipinski definition) is 4. The van der Waals surface area contributed by atoms with Crippen LogP contribution >= 0.6 is 27.3 Å².